The summed E-state index contributed by atoms with van der Waals surface area (Å²) in [7, 11) is 7.40. The summed E-state index contributed by atoms with van der Waals surface area (Å²) in [4.78, 5) is 15.3. The molecular formula is C33H35NO4. The first-order valence-corrected chi connectivity index (χ1v) is 12.8. The summed E-state index contributed by atoms with van der Waals surface area (Å²) < 4.78 is 16.8. The molecule has 0 radical (unpaired) electrons. The Hall–Kier alpha value is -4.09. The molecule has 4 aromatic rings. The van der Waals surface area contributed by atoms with Crippen molar-refractivity contribution < 1.29 is 19.0 Å². The molecule has 0 N–H and O–H groups in total. The molecule has 0 aliphatic rings. The van der Waals surface area contributed by atoms with Crippen LogP contribution in [0.1, 0.15) is 22.3 Å². The molecule has 196 valence electrons. The normalized spacial score (nSPS) is 10.9. The zero-order valence-corrected chi connectivity index (χ0v) is 22.6. The summed E-state index contributed by atoms with van der Waals surface area (Å²) in [6, 6.07) is 29.6. The molecule has 0 spiro atoms. The number of carbonyl (C=O) groups excluding carboxylic acids is 1. The van der Waals surface area contributed by atoms with Gasteiger partial charge in [0.1, 0.15) is 17.2 Å². The third-order valence-corrected chi connectivity index (χ3v) is 6.43. The predicted octanol–water partition coefficient (Wildman–Crippen LogP) is 6.79. The highest BCUT2D eigenvalue weighted by Gasteiger charge is 2.13. The van der Waals surface area contributed by atoms with E-state index in [1.165, 1.54) is 0 Å². The molecule has 0 heterocycles. The minimum absolute atomic E-state index is 0.0558. The van der Waals surface area contributed by atoms with Crippen molar-refractivity contribution in [3.8, 4) is 39.5 Å². The lowest BCUT2D eigenvalue weighted by atomic mass is 9.96. The van der Waals surface area contributed by atoms with Gasteiger partial charge in [0.25, 0.3) is 0 Å². The fourth-order valence-electron chi connectivity index (χ4n) is 4.31. The predicted molar refractivity (Wildman–Crippen MR) is 154 cm³/mol. The number of rotatable bonds is 12. The van der Waals surface area contributed by atoms with Crippen molar-refractivity contribution in [1.82, 2.24) is 4.90 Å². The van der Waals surface area contributed by atoms with Gasteiger partial charge in [-0.25, -0.2) is 0 Å². The second kappa shape index (κ2) is 12.9. The highest BCUT2D eigenvalue weighted by molar-refractivity contribution is 5.99. The summed E-state index contributed by atoms with van der Waals surface area (Å²) >= 11 is 0. The minimum atomic E-state index is 0.0558. The second-order valence-electron chi connectivity index (χ2n) is 9.47. The van der Waals surface area contributed by atoms with E-state index in [0.29, 0.717) is 24.3 Å². The Labute approximate surface area is 225 Å². The van der Waals surface area contributed by atoms with E-state index in [0.717, 1.165) is 52.3 Å². The third kappa shape index (κ3) is 7.02. The molecule has 0 amide bonds. The number of ether oxygens (including phenoxy) is 3. The van der Waals surface area contributed by atoms with Gasteiger partial charge in [-0.3, -0.25) is 4.79 Å². The van der Waals surface area contributed by atoms with E-state index in [1.807, 2.05) is 66.7 Å². The Morgan fingerprint density at radius 1 is 0.737 bits per heavy atom. The monoisotopic (exact) mass is 509 g/mol. The first-order chi connectivity index (χ1) is 18.5. The van der Waals surface area contributed by atoms with Gasteiger partial charge in [-0.05, 0) is 85.2 Å². The topological polar surface area (TPSA) is 48.0 Å². The van der Waals surface area contributed by atoms with Gasteiger partial charge in [0.2, 0.25) is 0 Å². The lowest BCUT2D eigenvalue weighted by Gasteiger charge is -2.12. The zero-order valence-electron chi connectivity index (χ0n) is 22.6. The van der Waals surface area contributed by atoms with E-state index in [2.05, 4.69) is 43.3 Å². The van der Waals surface area contributed by atoms with Gasteiger partial charge < -0.3 is 19.1 Å². The van der Waals surface area contributed by atoms with Gasteiger partial charge in [0, 0.05) is 24.1 Å². The summed E-state index contributed by atoms with van der Waals surface area (Å²) in [5.74, 6) is 2.40. The van der Waals surface area contributed by atoms with Gasteiger partial charge in [-0.2, -0.15) is 0 Å². The number of nitrogens with zero attached hydrogens (tertiary/aromatic N) is 1. The molecule has 4 rings (SSSR count). The van der Waals surface area contributed by atoms with Crippen molar-refractivity contribution in [2.24, 2.45) is 0 Å². The van der Waals surface area contributed by atoms with Crippen LogP contribution < -0.4 is 14.2 Å². The number of ketones is 1. The highest BCUT2D eigenvalue weighted by Crippen LogP contribution is 2.33. The SMILES string of the molecule is COc1cccc(-c2cc(C(=O)Cc3ccc(-c4ccc(OCCCN(C)C)cc4)cc3)ccc2OC)c1. The van der Waals surface area contributed by atoms with Gasteiger partial charge in [0.15, 0.2) is 5.78 Å². The molecule has 4 aromatic carbocycles. The average Bonchev–Trinajstić information content (AvgIpc) is 2.95. The maximum atomic E-state index is 13.2. The van der Waals surface area contributed by atoms with Crippen molar-refractivity contribution in [1.29, 1.82) is 0 Å². The maximum absolute atomic E-state index is 13.2. The third-order valence-electron chi connectivity index (χ3n) is 6.43. The average molecular weight is 510 g/mol. The summed E-state index contributed by atoms with van der Waals surface area (Å²) in [6.07, 6.45) is 1.32. The summed E-state index contributed by atoms with van der Waals surface area (Å²) in [6.45, 7) is 1.71. The molecular weight excluding hydrogens is 474 g/mol. The van der Waals surface area contributed by atoms with Crippen LogP contribution in [-0.4, -0.2) is 52.1 Å². The molecule has 0 fully saturated rings. The number of carbonyl (C=O) groups is 1. The number of hydrogen-bond donors (Lipinski definition) is 0. The van der Waals surface area contributed by atoms with E-state index in [9.17, 15) is 4.79 Å². The van der Waals surface area contributed by atoms with Crippen LogP contribution in [0.25, 0.3) is 22.3 Å². The van der Waals surface area contributed by atoms with E-state index >= 15 is 0 Å². The summed E-state index contributed by atoms with van der Waals surface area (Å²) in [5, 5.41) is 0. The lowest BCUT2D eigenvalue weighted by molar-refractivity contribution is 0.0993. The smallest absolute Gasteiger partial charge is 0.167 e. The zero-order chi connectivity index (χ0) is 26.9. The van der Waals surface area contributed by atoms with Crippen LogP contribution >= 0.6 is 0 Å². The van der Waals surface area contributed by atoms with Gasteiger partial charge in [0.05, 0.1) is 20.8 Å². The van der Waals surface area contributed by atoms with Crippen LogP contribution in [0.3, 0.4) is 0 Å². The number of hydrogen-bond acceptors (Lipinski definition) is 5. The van der Waals surface area contributed by atoms with E-state index < -0.39 is 0 Å². The van der Waals surface area contributed by atoms with Crippen LogP contribution in [-0.2, 0) is 6.42 Å². The Kier molecular flexibility index (Phi) is 9.17. The minimum Gasteiger partial charge on any atom is -0.497 e. The molecule has 38 heavy (non-hydrogen) atoms. The van der Waals surface area contributed by atoms with E-state index in [-0.39, 0.29) is 5.78 Å². The maximum Gasteiger partial charge on any atom is 0.167 e. The molecule has 0 saturated carbocycles. The number of Topliss-reactive ketones (excluding diaryl/α,β-unsaturated/α-hetero) is 1. The molecule has 5 heteroatoms. The largest absolute Gasteiger partial charge is 0.497 e. The Balaban J connectivity index is 1.42. The van der Waals surface area contributed by atoms with Crippen molar-refractivity contribution in [2.75, 3.05) is 41.5 Å². The van der Waals surface area contributed by atoms with E-state index in [1.54, 1.807) is 14.2 Å². The molecule has 0 saturated heterocycles. The second-order valence-corrected chi connectivity index (χ2v) is 9.47. The molecule has 0 aliphatic carbocycles. The Morgan fingerprint density at radius 2 is 1.45 bits per heavy atom. The Morgan fingerprint density at radius 3 is 2.11 bits per heavy atom. The standard InChI is InChI=1S/C33H35NO4/c1-34(2)19-6-20-38-29-16-13-26(14-17-29)25-11-9-24(10-12-25)21-32(35)28-15-18-33(37-4)31(23-28)27-7-5-8-30(22-27)36-3/h5,7-18,22-23H,6,19-21H2,1-4H3. The van der Waals surface area contributed by atoms with Crippen LogP contribution in [0.15, 0.2) is 91.0 Å². The highest BCUT2D eigenvalue weighted by atomic mass is 16.5. The van der Waals surface area contributed by atoms with Crippen molar-refractivity contribution >= 4 is 5.78 Å². The molecule has 5 nitrogen and oxygen atoms in total. The molecule has 0 bridgehead atoms. The fraction of sp³-hybridized carbons (Fsp3) is 0.242. The van der Waals surface area contributed by atoms with Crippen LogP contribution in [0.5, 0.6) is 17.2 Å². The molecule has 0 aliphatic heterocycles. The first kappa shape index (κ1) is 27.0. The van der Waals surface area contributed by atoms with Gasteiger partial charge in [-0.1, -0.05) is 48.5 Å². The van der Waals surface area contributed by atoms with E-state index in [4.69, 9.17) is 14.2 Å². The van der Waals surface area contributed by atoms with Crippen molar-refractivity contribution in [3.63, 3.8) is 0 Å². The Bertz CT molecular complexity index is 1340. The first-order valence-electron chi connectivity index (χ1n) is 12.8. The quantitative estimate of drug-likeness (QED) is 0.155. The van der Waals surface area contributed by atoms with Gasteiger partial charge in [-0.15, -0.1) is 0 Å². The van der Waals surface area contributed by atoms with Crippen LogP contribution in [0.2, 0.25) is 0 Å². The molecule has 0 atom stereocenters. The van der Waals surface area contributed by atoms with Crippen LogP contribution in [0, 0.1) is 0 Å². The van der Waals surface area contributed by atoms with Gasteiger partial charge >= 0.3 is 0 Å². The van der Waals surface area contributed by atoms with Crippen LogP contribution in [0.4, 0.5) is 0 Å². The molecule has 0 aromatic heterocycles. The fourth-order valence-corrected chi connectivity index (χ4v) is 4.31. The summed E-state index contributed by atoms with van der Waals surface area (Å²) in [5.41, 5.74) is 5.63. The number of methoxy groups -OCH3 is 2. The van der Waals surface area contributed by atoms with Crippen molar-refractivity contribution in [3.05, 3.63) is 102 Å². The lowest BCUT2D eigenvalue weighted by Crippen LogP contribution is -2.15. The number of benzene rings is 4. The molecule has 0 unspecified atom stereocenters. The van der Waals surface area contributed by atoms with Crippen molar-refractivity contribution in [2.45, 2.75) is 12.8 Å².